The predicted octanol–water partition coefficient (Wildman–Crippen LogP) is 0.742. The van der Waals surface area contributed by atoms with Crippen LogP contribution in [0, 0.1) is 17.8 Å². The van der Waals surface area contributed by atoms with Crippen molar-refractivity contribution in [3.05, 3.63) is 0 Å². The topological polar surface area (TPSA) is 55.1 Å². The highest BCUT2D eigenvalue weighted by Gasteiger charge is 2.32. The van der Waals surface area contributed by atoms with E-state index in [9.17, 15) is 4.79 Å². The standard InChI is InChI=1S/C10H20N2O/c1-6-4-9(6)5-12-10(13)7(2)8(3)11/h6-9H,4-5,11H2,1-3H3,(H,12,13). The van der Waals surface area contributed by atoms with Crippen LogP contribution >= 0.6 is 0 Å². The largest absolute Gasteiger partial charge is 0.356 e. The van der Waals surface area contributed by atoms with Gasteiger partial charge in [0.15, 0.2) is 0 Å². The fourth-order valence-electron chi connectivity index (χ4n) is 1.31. The quantitative estimate of drug-likeness (QED) is 0.677. The van der Waals surface area contributed by atoms with Gasteiger partial charge in [0, 0.05) is 18.5 Å². The van der Waals surface area contributed by atoms with Crippen LogP contribution in [0.2, 0.25) is 0 Å². The molecule has 0 aromatic carbocycles. The first-order valence-corrected chi connectivity index (χ1v) is 5.05. The molecule has 0 heterocycles. The summed E-state index contributed by atoms with van der Waals surface area (Å²) in [4.78, 5) is 11.4. The van der Waals surface area contributed by atoms with E-state index in [2.05, 4.69) is 12.2 Å². The van der Waals surface area contributed by atoms with Gasteiger partial charge in [0.05, 0.1) is 0 Å². The second kappa shape index (κ2) is 4.09. The van der Waals surface area contributed by atoms with Crippen LogP contribution in [-0.2, 0) is 4.79 Å². The third-order valence-electron chi connectivity index (χ3n) is 3.02. The Hall–Kier alpha value is -0.570. The van der Waals surface area contributed by atoms with Crippen molar-refractivity contribution < 1.29 is 4.79 Å². The molecule has 1 amide bonds. The maximum Gasteiger partial charge on any atom is 0.224 e. The summed E-state index contributed by atoms with van der Waals surface area (Å²) in [5.74, 6) is 1.53. The van der Waals surface area contributed by atoms with E-state index >= 15 is 0 Å². The summed E-state index contributed by atoms with van der Waals surface area (Å²) in [6.45, 7) is 6.78. The zero-order chi connectivity index (χ0) is 10.0. The first-order chi connectivity index (χ1) is 6.02. The van der Waals surface area contributed by atoms with Crippen molar-refractivity contribution in [1.82, 2.24) is 5.32 Å². The zero-order valence-corrected chi connectivity index (χ0v) is 8.71. The van der Waals surface area contributed by atoms with Gasteiger partial charge in [-0.2, -0.15) is 0 Å². The molecule has 0 radical (unpaired) electrons. The number of amides is 1. The van der Waals surface area contributed by atoms with E-state index in [0.29, 0.717) is 5.92 Å². The molecule has 1 rings (SSSR count). The predicted molar refractivity (Wildman–Crippen MR) is 53.1 cm³/mol. The van der Waals surface area contributed by atoms with Crippen LogP contribution in [0.3, 0.4) is 0 Å². The fourth-order valence-corrected chi connectivity index (χ4v) is 1.31. The average Bonchev–Trinajstić information content (AvgIpc) is 2.76. The number of rotatable bonds is 4. The molecule has 3 N–H and O–H groups in total. The highest BCUT2D eigenvalue weighted by Crippen LogP contribution is 2.36. The second-order valence-electron chi connectivity index (χ2n) is 4.37. The number of carbonyl (C=O) groups is 1. The Balaban J connectivity index is 2.17. The van der Waals surface area contributed by atoms with E-state index in [4.69, 9.17) is 5.73 Å². The summed E-state index contributed by atoms with van der Waals surface area (Å²) in [6.07, 6.45) is 1.26. The maximum absolute atomic E-state index is 11.4. The molecule has 0 aromatic heterocycles. The Kier molecular flexibility index (Phi) is 3.31. The van der Waals surface area contributed by atoms with Gasteiger partial charge in [-0.1, -0.05) is 13.8 Å². The fraction of sp³-hybridized carbons (Fsp3) is 0.900. The third kappa shape index (κ3) is 2.99. The van der Waals surface area contributed by atoms with Crippen LogP contribution in [0.4, 0.5) is 0 Å². The van der Waals surface area contributed by atoms with E-state index in [1.54, 1.807) is 0 Å². The minimum Gasteiger partial charge on any atom is -0.356 e. The zero-order valence-electron chi connectivity index (χ0n) is 8.71. The summed E-state index contributed by atoms with van der Waals surface area (Å²) >= 11 is 0. The molecule has 4 unspecified atom stereocenters. The van der Waals surface area contributed by atoms with Gasteiger partial charge in [0.2, 0.25) is 5.91 Å². The van der Waals surface area contributed by atoms with E-state index in [1.165, 1.54) is 6.42 Å². The minimum atomic E-state index is -0.0749. The molecular formula is C10H20N2O. The summed E-state index contributed by atoms with van der Waals surface area (Å²) < 4.78 is 0. The van der Waals surface area contributed by atoms with Crippen molar-refractivity contribution in [3.8, 4) is 0 Å². The summed E-state index contributed by atoms with van der Waals surface area (Å²) in [7, 11) is 0. The molecule has 3 heteroatoms. The monoisotopic (exact) mass is 184 g/mol. The van der Waals surface area contributed by atoms with Gasteiger partial charge in [0.1, 0.15) is 0 Å². The molecule has 1 saturated carbocycles. The molecule has 1 aliphatic carbocycles. The van der Waals surface area contributed by atoms with E-state index in [-0.39, 0.29) is 17.9 Å². The van der Waals surface area contributed by atoms with Gasteiger partial charge >= 0.3 is 0 Å². The molecular weight excluding hydrogens is 164 g/mol. The third-order valence-corrected chi connectivity index (χ3v) is 3.02. The molecule has 0 bridgehead atoms. The molecule has 76 valence electrons. The highest BCUT2D eigenvalue weighted by atomic mass is 16.1. The van der Waals surface area contributed by atoms with Crippen molar-refractivity contribution in [3.63, 3.8) is 0 Å². The molecule has 13 heavy (non-hydrogen) atoms. The number of carbonyl (C=O) groups excluding carboxylic acids is 1. The van der Waals surface area contributed by atoms with Crippen molar-refractivity contribution in [1.29, 1.82) is 0 Å². The summed E-state index contributed by atoms with van der Waals surface area (Å²) in [5.41, 5.74) is 5.63. The van der Waals surface area contributed by atoms with Gasteiger partial charge in [-0.05, 0) is 25.2 Å². The van der Waals surface area contributed by atoms with Gasteiger partial charge < -0.3 is 11.1 Å². The number of nitrogens with two attached hydrogens (primary N) is 1. The van der Waals surface area contributed by atoms with Gasteiger partial charge in [-0.15, -0.1) is 0 Å². The van der Waals surface area contributed by atoms with Crippen LogP contribution in [0.5, 0.6) is 0 Å². The Labute approximate surface area is 80.1 Å². The van der Waals surface area contributed by atoms with Crippen LogP contribution in [0.15, 0.2) is 0 Å². The van der Waals surface area contributed by atoms with Crippen molar-refractivity contribution >= 4 is 5.91 Å². The smallest absolute Gasteiger partial charge is 0.224 e. The normalized spacial score (nSPS) is 30.8. The molecule has 0 spiro atoms. The van der Waals surface area contributed by atoms with E-state index in [0.717, 1.165) is 12.5 Å². The lowest BCUT2D eigenvalue weighted by molar-refractivity contribution is -0.125. The molecule has 0 aromatic rings. The van der Waals surface area contributed by atoms with E-state index in [1.807, 2.05) is 13.8 Å². The number of hydrogen-bond donors (Lipinski definition) is 2. The van der Waals surface area contributed by atoms with Crippen molar-refractivity contribution in [2.75, 3.05) is 6.54 Å². The minimum absolute atomic E-state index is 0.0587. The summed E-state index contributed by atoms with van der Waals surface area (Å²) in [5, 5.41) is 2.94. The second-order valence-corrected chi connectivity index (χ2v) is 4.37. The van der Waals surface area contributed by atoms with Crippen LogP contribution in [0.25, 0.3) is 0 Å². The Bertz CT molecular complexity index is 191. The van der Waals surface area contributed by atoms with Crippen LogP contribution in [-0.4, -0.2) is 18.5 Å². The molecule has 0 saturated heterocycles. The van der Waals surface area contributed by atoms with Crippen LogP contribution in [0.1, 0.15) is 27.2 Å². The maximum atomic E-state index is 11.4. The van der Waals surface area contributed by atoms with Crippen molar-refractivity contribution in [2.45, 2.75) is 33.2 Å². The molecule has 1 aliphatic rings. The molecule has 0 aliphatic heterocycles. The van der Waals surface area contributed by atoms with Gasteiger partial charge in [-0.3, -0.25) is 4.79 Å². The van der Waals surface area contributed by atoms with Gasteiger partial charge in [-0.25, -0.2) is 0 Å². The van der Waals surface area contributed by atoms with E-state index < -0.39 is 0 Å². The lowest BCUT2D eigenvalue weighted by atomic mass is 10.0. The first-order valence-electron chi connectivity index (χ1n) is 5.05. The number of hydrogen-bond acceptors (Lipinski definition) is 2. The number of nitrogens with one attached hydrogen (secondary N) is 1. The summed E-state index contributed by atoms with van der Waals surface area (Å²) in [6, 6.07) is -0.0587. The van der Waals surface area contributed by atoms with Crippen LogP contribution < -0.4 is 11.1 Å². The van der Waals surface area contributed by atoms with Gasteiger partial charge in [0.25, 0.3) is 0 Å². The lowest BCUT2D eigenvalue weighted by Gasteiger charge is -2.14. The van der Waals surface area contributed by atoms with Crippen molar-refractivity contribution in [2.24, 2.45) is 23.5 Å². The Morgan fingerprint density at radius 2 is 2.15 bits per heavy atom. The first kappa shape index (κ1) is 10.5. The SMILES string of the molecule is CC(N)C(C)C(=O)NCC1CC1C. The lowest BCUT2D eigenvalue weighted by Crippen LogP contribution is -2.39. The average molecular weight is 184 g/mol. The highest BCUT2D eigenvalue weighted by molar-refractivity contribution is 5.78. The Morgan fingerprint density at radius 3 is 2.54 bits per heavy atom. The Morgan fingerprint density at radius 1 is 1.62 bits per heavy atom. The molecule has 1 fully saturated rings. The molecule has 3 nitrogen and oxygen atoms in total. The molecule has 4 atom stereocenters.